The number of benzene rings is 1. The number of carbonyl (C=O) groups excluding carboxylic acids is 1. The highest BCUT2D eigenvalue weighted by atomic mass is 16.1. The molecule has 0 saturated heterocycles. The van der Waals surface area contributed by atoms with Crippen molar-refractivity contribution in [3.05, 3.63) is 71.6 Å². The predicted octanol–water partition coefficient (Wildman–Crippen LogP) is 2.78. The van der Waals surface area contributed by atoms with E-state index in [1.165, 1.54) is 17.5 Å². The molecule has 3 heteroatoms. The van der Waals surface area contributed by atoms with Crippen molar-refractivity contribution in [3.63, 3.8) is 0 Å². The van der Waals surface area contributed by atoms with E-state index < -0.39 is 0 Å². The first-order valence-electron chi connectivity index (χ1n) is 7.48. The Morgan fingerprint density at radius 1 is 1.29 bits per heavy atom. The second kappa shape index (κ2) is 6.55. The molecule has 0 bridgehead atoms. The van der Waals surface area contributed by atoms with Crippen LogP contribution >= 0.6 is 0 Å². The van der Waals surface area contributed by atoms with Gasteiger partial charge in [-0.25, -0.2) is 0 Å². The fourth-order valence-electron chi connectivity index (χ4n) is 2.93. The zero-order chi connectivity index (χ0) is 14.5. The molecule has 108 valence electrons. The lowest BCUT2D eigenvalue weighted by Gasteiger charge is -2.26. The molecule has 0 spiro atoms. The normalized spacial score (nSPS) is 20.2. The molecule has 1 aromatic rings. The van der Waals surface area contributed by atoms with Gasteiger partial charge in [-0.3, -0.25) is 4.79 Å². The maximum atomic E-state index is 12.3. The van der Waals surface area contributed by atoms with Crippen molar-refractivity contribution in [2.24, 2.45) is 0 Å². The summed E-state index contributed by atoms with van der Waals surface area (Å²) in [5, 5.41) is 6.39. The Morgan fingerprint density at radius 2 is 2.19 bits per heavy atom. The zero-order valence-corrected chi connectivity index (χ0v) is 12.0. The molecule has 1 aliphatic heterocycles. The Hall–Kier alpha value is -2.13. The predicted molar refractivity (Wildman–Crippen MR) is 84.6 cm³/mol. The van der Waals surface area contributed by atoms with E-state index in [1.54, 1.807) is 6.20 Å². The largest absolute Gasteiger partial charge is 0.368 e. The molecule has 1 aliphatic carbocycles. The van der Waals surface area contributed by atoms with Crippen LogP contribution < -0.4 is 10.6 Å². The van der Waals surface area contributed by atoms with Gasteiger partial charge in [0.2, 0.25) is 0 Å². The van der Waals surface area contributed by atoms with Crippen molar-refractivity contribution in [1.82, 2.24) is 10.6 Å². The van der Waals surface area contributed by atoms with Crippen LogP contribution in [0.3, 0.4) is 0 Å². The first-order chi connectivity index (χ1) is 10.3. The lowest BCUT2D eigenvalue weighted by Crippen LogP contribution is -2.30. The SMILES string of the molecule is O=C(CNC1CCCc2ccccc21)C1=CC=CNC=C1. The lowest BCUT2D eigenvalue weighted by atomic mass is 9.87. The Kier molecular flexibility index (Phi) is 4.31. The van der Waals surface area contributed by atoms with E-state index in [0.29, 0.717) is 12.6 Å². The molecule has 1 aromatic carbocycles. The second-order valence-corrected chi connectivity index (χ2v) is 5.43. The molecular weight excluding hydrogens is 260 g/mol. The average molecular weight is 280 g/mol. The lowest BCUT2D eigenvalue weighted by molar-refractivity contribution is -0.114. The van der Waals surface area contributed by atoms with E-state index in [-0.39, 0.29) is 5.78 Å². The monoisotopic (exact) mass is 280 g/mol. The van der Waals surface area contributed by atoms with Crippen LogP contribution in [0.4, 0.5) is 0 Å². The molecular formula is C18H20N2O. The van der Waals surface area contributed by atoms with Gasteiger partial charge in [-0.15, -0.1) is 0 Å². The van der Waals surface area contributed by atoms with Crippen LogP contribution in [0.2, 0.25) is 0 Å². The first kappa shape index (κ1) is 13.8. The van der Waals surface area contributed by atoms with Gasteiger partial charge in [0.15, 0.2) is 5.78 Å². The van der Waals surface area contributed by atoms with Crippen molar-refractivity contribution in [2.75, 3.05) is 6.54 Å². The number of ketones is 1. The third-order valence-electron chi connectivity index (χ3n) is 4.03. The molecule has 0 fully saturated rings. The highest BCUT2D eigenvalue weighted by Gasteiger charge is 2.20. The molecule has 1 atom stereocenters. The maximum Gasteiger partial charge on any atom is 0.176 e. The number of hydrogen-bond acceptors (Lipinski definition) is 3. The smallest absolute Gasteiger partial charge is 0.176 e. The quantitative estimate of drug-likeness (QED) is 0.891. The van der Waals surface area contributed by atoms with Gasteiger partial charge in [-0.1, -0.05) is 24.3 Å². The van der Waals surface area contributed by atoms with Gasteiger partial charge in [0.05, 0.1) is 6.54 Å². The number of allylic oxidation sites excluding steroid dienone is 3. The Balaban J connectivity index is 1.65. The topological polar surface area (TPSA) is 41.1 Å². The van der Waals surface area contributed by atoms with Gasteiger partial charge in [-0.2, -0.15) is 0 Å². The minimum Gasteiger partial charge on any atom is -0.368 e. The van der Waals surface area contributed by atoms with E-state index >= 15 is 0 Å². The molecule has 2 aliphatic rings. The summed E-state index contributed by atoms with van der Waals surface area (Å²) < 4.78 is 0. The number of carbonyl (C=O) groups is 1. The fourth-order valence-corrected chi connectivity index (χ4v) is 2.93. The van der Waals surface area contributed by atoms with Crippen molar-refractivity contribution in [1.29, 1.82) is 0 Å². The minimum atomic E-state index is 0.127. The molecule has 3 nitrogen and oxygen atoms in total. The Labute approximate surface area is 125 Å². The summed E-state index contributed by atoms with van der Waals surface area (Å²) >= 11 is 0. The van der Waals surface area contributed by atoms with Crippen LogP contribution in [0.25, 0.3) is 0 Å². The molecule has 0 aromatic heterocycles. The highest BCUT2D eigenvalue weighted by Crippen LogP contribution is 2.29. The Morgan fingerprint density at radius 3 is 3.14 bits per heavy atom. The molecule has 1 heterocycles. The zero-order valence-electron chi connectivity index (χ0n) is 12.0. The summed E-state index contributed by atoms with van der Waals surface area (Å²) in [6.45, 7) is 0.378. The fraction of sp³-hybridized carbons (Fsp3) is 0.278. The van der Waals surface area contributed by atoms with Crippen LogP contribution in [0, 0.1) is 0 Å². The van der Waals surface area contributed by atoms with Crippen molar-refractivity contribution in [2.45, 2.75) is 25.3 Å². The third-order valence-corrected chi connectivity index (χ3v) is 4.03. The Bertz CT molecular complexity index is 613. The van der Waals surface area contributed by atoms with Gasteiger partial charge in [0, 0.05) is 24.0 Å². The van der Waals surface area contributed by atoms with Crippen molar-refractivity contribution >= 4 is 5.78 Å². The van der Waals surface area contributed by atoms with Crippen LogP contribution in [0.1, 0.15) is 30.0 Å². The minimum absolute atomic E-state index is 0.127. The summed E-state index contributed by atoms with van der Waals surface area (Å²) in [4.78, 5) is 12.3. The van der Waals surface area contributed by atoms with Gasteiger partial charge in [0.1, 0.15) is 0 Å². The number of hydrogen-bond donors (Lipinski definition) is 2. The van der Waals surface area contributed by atoms with Crippen molar-refractivity contribution in [3.8, 4) is 0 Å². The number of aryl methyl sites for hydroxylation is 1. The van der Waals surface area contributed by atoms with E-state index in [2.05, 4.69) is 34.9 Å². The molecule has 0 radical (unpaired) electrons. The standard InChI is InChI=1S/C18H20N2O/c21-18(15-7-4-11-19-12-10-15)13-20-17-9-3-6-14-5-1-2-8-16(14)17/h1-2,4-5,7-8,10-12,17,19-20H,3,6,9,13H2. The van der Waals surface area contributed by atoms with Gasteiger partial charge < -0.3 is 10.6 Å². The van der Waals surface area contributed by atoms with E-state index in [0.717, 1.165) is 18.4 Å². The number of fused-ring (bicyclic) bond motifs is 1. The molecule has 21 heavy (non-hydrogen) atoms. The molecule has 0 saturated carbocycles. The number of Topliss-reactive ketones (excluding diaryl/α,β-unsaturated/α-hetero) is 1. The molecule has 2 N–H and O–H groups in total. The average Bonchev–Trinajstić information content (AvgIpc) is 2.82. The van der Waals surface area contributed by atoms with Crippen molar-refractivity contribution < 1.29 is 4.79 Å². The van der Waals surface area contributed by atoms with E-state index in [1.807, 2.05) is 24.4 Å². The third kappa shape index (κ3) is 3.31. The first-order valence-corrected chi connectivity index (χ1v) is 7.48. The summed E-state index contributed by atoms with van der Waals surface area (Å²) in [6, 6.07) is 8.83. The van der Waals surface area contributed by atoms with Crippen LogP contribution in [-0.4, -0.2) is 12.3 Å². The molecule has 3 rings (SSSR count). The van der Waals surface area contributed by atoms with Crippen LogP contribution in [0.5, 0.6) is 0 Å². The van der Waals surface area contributed by atoms with Crippen LogP contribution in [0.15, 0.2) is 60.5 Å². The summed E-state index contributed by atoms with van der Waals surface area (Å²) in [7, 11) is 0. The van der Waals surface area contributed by atoms with E-state index in [9.17, 15) is 4.79 Å². The second-order valence-electron chi connectivity index (χ2n) is 5.43. The van der Waals surface area contributed by atoms with Crippen LogP contribution in [-0.2, 0) is 11.2 Å². The number of nitrogens with one attached hydrogen (secondary N) is 2. The van der Waals surface area contributed by atoms with Gasteiger partial charge in [-0.05, 0) is 48.6 Å². The molecule has 1 unspecified atom stereocenters. The van der Waals surface area contributed by atoms with E-state index in [4.69, 9.17) is 0 Å². The summed E-state index contributed by atoms with van der Waals surface area (Å²) in [6.07, 6.45) is 12.5. The number of rotatable bonds is 4. The van der Waals surface area contributed by atoms with Gasteiger partial charge >= 0.3 is 0 Å². The summed E-state index contributed by atoms with van der Waals surface area (Å²) in [5.74, 6) is 0.127. The summed E-state index contributed by atoms with van der Waals surface area (Å²) in [5.41, 5.74) is 3.49. The highest BCUT2D eigenvalue weighted by molar-refractivity contribution is 5.99. The van der Waals surface area contributed by atoms with Gasteiger partial charge in [0.25, 0.3) is 0 Å². The molecule has 0 amide bonds. The maximum absolute atomic E-state index is 12.3.